The topological polar surface area (TPSA) is 148 Å². The normalized spacial score (nSPS) is 18.9. The number of piperazine rings is 1. The van der Waals surface area contributed by atoms with Crippen molar-refractivity contribution in [2.45, 2.75) is 16.8 Å². The predicted octanol–water partition coefficient (Wildman–Crippen LogP) is 2.36. The van der Waals surface area contributed by atoms with E-state index in [1.807, 2.05) is 0 Å². The van der Waals surface area contributed by atoms with Gasteiger partial charge in [-0.2, -0.15) is 4.31 Å². The molecular weight excluding hydrogens is 616 g/mol. The predicted molar refractivity (Wildman–Crippen MR) is 162 cm³/mol. The van der Waals surface area contributed by atoms with Gasteiger partial charge in [-0.05, 0) is 41.3 Å². The second-order valence-corrected chi connectivity index (χ2v) is 14.0. The summed E-state index contributed by atoms with van der Waals surface area (Å²) in [6.07, 6.45) is 1.35. The Morgan fingerprint density at radius 3 is 2.77 bits per heavy atom. The number of aromatic nitrogens is 2. The van der Waals surface area contributed by atoms with Crippen LogP contribution in [-0.2, 0) is 35.6 Å². The van der Waals surface area contributed by atoms with Crippen LogP contribution < -0.4 is 5.73 Å². The first kappa shape index (κ1) is 29.7. The van der Waals surface area contributed by atoms with Crippen LogP contribution >= 0.6 is 22.9 Å². The van der Waals surface area contributed by atoms with Crippen LogP contribution in [0.5, 0.6) is 0 Å². The van der Waals surface area contributed by atoms with E-state index in [9.17, 15) is 18.0 Å². The molecule has 2 fully saturated rings. The van der Waals surface area contributed by atoms with Gasteiger partial charge in [0.1, 0.15) is 29.0 Å². The third-order valence-corrected chi connectivity index (χ3v) is 11.1. The minimum absolute atomic E-state index is 0.0528. The fourth-order valence-electron chi connectivity index (χ4n) is 5.20. The lowest BCUT2D eigenvalue weighted by atomic mass is 10.1. The molecule has 1 unspecified atom stereocenters. The minimum Gasteiger partial charge on any atom is -0.463 e. The molecule has 2 aromatic heterocycles. The molecule has 12 nitrogen and oxygen atoms in total. The van der Waals surface area contributed by atoms with Gasteiger partial charge in [0.25, 0.3) is 10.0 Å². The Kier molecular flexibility index (Phi) is 8.49. The number of carbonyl (C=O) groups is 2. The summed E-state index contributed by atoms with van der Waals surface area (Å²) in [4.78, 5) is 38.8. The van der Waals surface area contributed by atoms with Crippen molar-refractivity contribution in [3.8, 4) is 0 Å². The number of hydrogen-bond donors (Lipinski definition) is 1. The number of esters is 1. The SMILES string of the molecule is Nc1ncnc2cc(CN3C(=O)CN(S(=O)(=O)c4cc5ccc(Cl)cc5s4)CC3C(=O)OCCN3CCOCC3)ccc12. The first-order chi connectivity index (χ1) is 20.7. The van der Waals surface area contributed by atoms with E-state index in [0.717, 1.165) is 34.1 Å². The third kappa shape index (κ3) is 6.30. The van der Waals surface area contributed by atoms with Crippen molar-refractivity contribution in [1.29, 1.82) is 0 Å². The largest absolute Gasteiger partial charge is 0.463 e. The van der Waals surface area contributed by atoms with Crippen molar-refractivity contribution < 1.29 is 27.5 Å². The van der Waals surface area contributed by atoms with E-state index in [0.29, 0.717) is 51.8 Å². The maximum atomic E-state index is 13.8. The number of nitrogens with zero attached hydrogens (tertiary/aromatic N) is 5. The summed E-state index contributed by atoms with van der Waals surface area (Å²) in [7, 11) is -4.10. The van der Waals surface area contributed by atoms with E-state index in [4.69, 9.17) is 26.8 Å². The minimum atomic E-state index is -4.10. The molecule has 6 rings (SSSR count). The number of thiophene rings is 1. The fraction of sp³-hybridized carbons (Fsp3) is 0.357. The standard InChI is InChI=1S/C28H29ClN6O6S2/c29-20-3-2-19-12-26(42-24(19)13-20)43(38,39)34-15-23(28(37)41-10-7-33-5-8-40-9-6-33)35(25(36)16-34)14-18-1-4-21-22(11-18)31-17-32-27(21)30/h1-4,11-13,17,23H,5-10,14-16H2,(H2,30,31,32). The molecule has 0 radical (unpaired) electrons. The lowest BCUT2D eigenvalue weighted by molar-refractivity contribution is -0.159. The molecule has 4 heterocycles. The molecular formula is C28H29ClN6O6S2. The molecule has 2 aliphatic heterocycles. The average Bonchev–Trinajstić information content (AvgIpc) is 3.43. The van der Waals surface area contributed by atoms with Gasteiger partial charge in [0.2, 0.25) is 5.91 Å². The Balaban J connectivity index is 1.26. The Labute approximate surface area is 257 Å². The molecule has 2 aliphatic rings. The molecule has 4 aromatic rings. The Morgan fingerprint density at radius 2 is 1.95 bits per heavy atom. The number of halogens is 1. The lowest BCUT2D eigenvalue weighted by Gasteiger charge is -2.39. The van der Waals surface area contributed by atoms with Crippen molar-refractivity contribution >= 4 is 71.6 Å². The van der Waals surface area contributed by atoms with Crippen molar-refractivity contribution in [3.05, 3.63) is 59.4 Å². The molecule has 15 heteroatoms. The number of morpholine rings is 1. The van der Waals surface area contributed by atoms with Crippen LogP contribution in [0.2, 0.25) is 5.02 Å². The number of amides is 1. The first-order valence-corrected chi connectivity index (χ1v) is 16.3. The molecule has 1 amide bonds. The maximum absolute atomic E-state index is 13.8. The highest BCUT2D eigenvalue weighted by molar-refractivity contribution is 7.91. The number of carbonyl (C=O) groups excluding carboxylic acids is 2. The number of nitrogen functional groups attached to an aromatic ring is 1. The number of benzene rings is 2. The van der Waals surface area contributed by atoms with E-state index in [2.05, 4.69) is 14.9 Å². The average molecular weight is 645 g/mol. The summed E-state index contributed by atoms with van der Waals surface area (Å²) in [5, 5.41) is 1.87. The monoisotopic (exact) mass is 644 g/mol. The van der Waals surface area contributed by atoms with Crippen LogP contribution in [0.4, 0.5) is 5.82 Å². The van der Waals surface area contributed by atoms with Crippen molar-refractivity contribution in [1.82, 2.24) is 24.1 Å². The van der Waals surface area contributed by atoms with Gasteiger partial charge in [-0.3, -0.25) is 9.69 Å². The van der Waals surface area contributed by atoms with Crippen LogP contribution in [0.15, 0.2) is 53.0 Å². The zero-order valence-electron chi connectivity index (χ0n) is 23.0. The second-order valence-electron chi connectivity index (χ2n) is 10.3. The zero-order valence-corrected chi connectivity index (χ0v) is 25.4. The van der Waals surface area contributed by atoms with Crippen molar-refractivity contribution in [2.75, 3.05) is 58.3 Å². The Bertz CT molecular complexity index is 1800. The zero-order chi connectivity index (χ0) is 30.1. The molecule has 2 saturated heterocycles. The van der Waals surface area contributed by atoms with Gasteiger partial charge < -0.3 is 20.1 Å². The number of nitrogens with two attached hydrogens (primary N) is 1. The second kappa shape index (κ2) is 12.3. The molecule has 0 bridgehead atoms. The van der Waals surface area contributed by atoms with Gasteiger partial charge in [0, 0.05) is 47.8 Å². The van der Waals surface area contributed by atoms with Crippen LogP contribution in [0, 0.1) is 0 Å². The summed E-state index contributed by atoms with van der Waals surface area (Å²) < 4.78 is 40.3. The van der Waals surface area contributed by atoms with Gasteiger partial charge in [-0.15, -0.1) is 11.3 Å². The van der Waals surface area contributed by atoms with Crippen LogP contribution in [0.25, 0.3) is 21.0 Å². The van der Waals surface area contributed by atoms with Crippen molar-refractivity contribution in [3.63, 3.8) is 0 Å². The molecule has 2 N–H and O–H groups in total. The van der Waals surface area contributed by atoms with Gasteiger partial charge in [0.05, 0.1) is 25.3 Å². The van der Waals surface area contributed by atoms with Gasteiger partial charge >= 0.3 is 5.97 Å². The third-order valence-electron chi connectivity index (χ3n) is 7.55. The van der Waals surface area contributed by atoms with Gasteiger partial charge in [-0.25, -0.2) is 23.2 Å². The molecule has 226 valence electrons. The molecule has 0 saturated carbocycles. The highest BCUT2D eigenvalue weighted by atomic mass is 35.5. The van der Waals surface area contributed by atoms with Gasteiger partial charge in [0.15, 0.2) is 0 Å². The number of ether oxygens (including phenoxy) is 2. The molecule has 2 aromatic carbocycles. The number of anilines is 1. The van der Waals surface area contributed by atoms with Gasteiger partial charge in [-0.1, -0.05) is 23.7 Å². The summed E-state index contributed by atoms with van der Waals surface area (Å²) in [6, 6.07) is 10.8. The maximum Gasteiger partial charge on any atom is 0.330 e. The van der Waals surface area contributed by atoms with Crippen LogP contribution in [0.3, 0.4) is 0 Å². The van der Waals surface area contributed by atoms with E-state index in [1.165, 1.54) is 11.2 Å². The van der Waals surface area contributed by atoms with E-state index >= 15 is 0 Å². The number of rotatable bonds is 8. The quantitative estimate of drug-likeness (QED) is 0.283. The van der Waals surface area contributed by atoms with Crippen LogP contribution in [0.1, 0.15) is 5.56 Å². The highest BCUT2D eigenvalue weighted by Crippen LogP contribution is 2.34. The van der Waals surface area contributed by atoms with E-state index in [1.54, 1.807) is 42.5 Å². The summed E-state index contributed by atoms with van der Waals surface area (Å²) in [5.41, 5.74) is 7.24. The molecule has 0 spiro atoms. The highest BCUT2D eigenvalue weighted by Gasteiger charge is 2.43. The number of hydrogen-bond acceptors (Lipinski definition) is 11. The first-order valence-electron chi connectivity index (χ1n) is 13.6. The molecule has 0 aliphatic carbocycles. The fourth-order valence-corrected chi connectivity index (χ4v) is 8.43. The smallest absolute Gasteiger partial charge is 0.330 e. The van der Waals surface area contributed by atoms with Crippen LogP contribution in [-0.4, -0.2) is 103 Å². The van der Waals surface area contributed by atoms with E-state index < -0.39 is 34.5 Å². The molecule has 1 atom stereocenters. The number of sulfonamides is 1. The Morgan fingerprint density at radius 1 is 1.14 bits per heavy atom. The lowest BCUT2D eigenvalue weighted by Crippen LogP contribution is -2.60. The Hall–Kier alpha value is -3.40. The summed E-state index contributed by atoms with van der Waals surface area (Å²) in [5.74, 6) is -0.856. The van der Waals surface area contributed by atoms with Crippen molar-refractivity contribution in [2.24, 2.45) is 0 Å². The summed E-state index contributed by atoms with van der Waals surface area (Å²) in [6.45, 7) is 2.68. The number of fused-ring (bicyclic) bond motifs is 2. The molecule has 43 heavy (non-hydrogen) atoms. The summed E-state index contributed by atoms with van der Waals surface area (Å²) >= 11 is 7.17. The van der Waals surface area contributed by atoms with E-state index in [-0.39, 0.29) is 23.9 Å².